The van der Waals surface area contributed by atoms with Gasteiger partial charge in [-0.05, 0) is 13.0 Å². The van der Waals surface area contributed by atoms with Gasteiger partial charge < -0.3 is 14.8 Å². The van der Waals surface area contributed by atoms with E-state index in [-0.39, 0.29) is 0 Å². The summed E-state index contributed by atoms with van der Waals surface area (Å²) < 4.78 is 10.1. The molecule has 70 valence electrons. The van der Waals surface area contributed by atoms with E-state index in [9.17, 15) is 0 Å². The highest BCUT2D eigenvalue weighted by molar-refractivity contribution is 4.86. The van der Waals surface area contributed by atoms with Crippen molar-refractivity contribution in [2.75, 3.05) is 40.0 Å². The molecule has 3 heteroatoms. The summed E-state index contributed by atoms with van der Waals surface area (Å²) in [5, 5.41) is 3.08. The Morgan fingerprint density at radius 1 is 1.33 bits per heavy atom. The maximum atomic E-state index is 5.24. The summed E-state index contributed by atoms with van der Waals surface area (Å²) in [6.07, 6.45) is 6.04. The van der Waals surface area contributed by atoms with Gasteiger partial charge in [-0.2, -0.15) is 0 Å². The molecule has 0 aliphatic rings. The predicted molar refractivity (Wildman–Crippen MR) is 49.0 cm³/mol. The zero-order chi connectivity index (χ0) is 9.07. The summed E-state index contributed by atoms with van der Waals surface area (Å²) in [5.41, 5.74) is 0. The molecule has 0 saturated heterocycles. The van der Waals surface area contributed by atoms with Crippen molar-refractivity contribution < 1.29 is 9.47 Å². The van der Waals surface area contributed by atoms with E-state index in [4.69, 9.17) is 15.9 Å². The zero-order valence-electron chi connectivity index (χ0n) is 7.64. The molecule has 0 aliphatic carbocycles. The van der Waals surface area contributed by atoms with Crippen LogP contribution in [0.5, 0.6) is 0 Å². The lowest BCUT2D eigenvalue weighted by Gasteiger charge is -2.03. The largest absolute Gasteiger partial charge is 0.382 e. The van der Waals surface area contributed by atoms with E-state index in [1.54, 1.807) is 7.11 Å². The summed E-state index contributed by atoms with van der Waals surface area (Å²) in [5.74, 6) is 2.51. The third-order valence-corrected chi connectivity index (χ3v) is 1.30. The molecule has 0 unspecified atom stereocenters. The van der Waals surface area contributed by atoms with Gasteiger partial charge in [0.25, 0.3) is 0 Å². The minimum atomic E-state index is 0.637. The monoisotopic (exact) mass is 171 g/mol. The molecule has 0 bridgehead atoms. The second kappa shape index (κ2) is 10.4. The molecule has 0 fully saturated rings. The van der Waals surface area contributed by atoms with Crippen LogP contribution in [0.1, 0.15) is 6.42 Å². The minimum absolute atomic E-state index is 0.637. The van der Waals surface area contributed by atoms with Crippen molar-refractivity contribution in [3.05, 3.63) is 0 Å². The Kier molecular flexibility index (Phi) is 9.95. The molecule has 0 radical (unpaired) electrons. The van der Waals surface area contributed by atoms with E-state index >= 15 is 0 Å². The molecule has 0 aromatic heterocycles. The number of methoxy groups -OCH3 is 1. The van der Waals surface area contributed by atoms with Crippen molar-refractivity contribution in [2.24, 2.45) is 0 Å². The topological polar surface area (TPSA) is 30.5 Å². The molecular formula is C9H17NO2. The molecule has 0 atom stereocenters. The first-order chi connectivity index (χ1) is 5.91. The lowest BCUT2D eigenvalue weighted by Crippen LogP contribution is -2.17. The van der Waals surface area contributed by atoms with Gasteiger partial charge in [0.1, 0.15) is 0 Å². The number of nitrogens with one attached hydrogen (secondary N) is 1. The van der Waals surface area contributed by atoms with Crippen molar-refractivity contribution in [3.63, 3.8) is 0 Å². The van der Waals surface area contributed by atoms with Crippen LogP contribution >= 0.6 is 0 Å². The molecule has 0 aliphatic heterocycles. The molecule has 0 heterocycles. The van der Waals surface area contributed by atoms with Crippen molar-refractivity contribution in [2.45, 2.75) is 6.42 Å². The van der Waals surface area contributed by atoms with Crippen molar-refractivity contribution in [1.82, 2.24) is 5.32 Å². The summed E-state index contributed by atoms with van der Waals surface area (Å²) in [4.78, 5) is 0. The Bertz CT molecular complexity index is 120. The quantitative estimate of drug-likeness (QED) is 0.420. The Morgan fingerprint density at radius 2 is 2.17 bits per heavy atom. The SMILES string of the molecule is C#CCNCCCOCCOC. The second-order valence-corrected chi connectivity index (χ2v) is 2.34. The standard InChI is InChI=1S/C9H17NO2/c1-3-5-10-6-4-7-12-9-8-11-2/h1,10H,4-9H2,2H3. The Morgan fingerprint density at radius 3 is 2.83 bits per heavy atom. The second-order valence-electron chi connectivity index (χ2n) is 2.34. The van der Waals surface area contributed by atoms with Crippen LogP contribution in [0.15, 0.2) is 0 Å². The summed E-state index contributed by atoms with van der Waals surface area (Å²) in [6.45, 7) is 3.65. The Hall–Kier alpha value is -0.560. The van der Waals surface area contributed by atoms with Gasteiger partial charge in [0.2, 0.25) is 0 Å². The van der Waals surface area contributed by atoms with Crippen molar-refractivity contribution in [3.8, 4) is 12.3 Å². The molecule has 0 rings (SSSR count). The molecule has 0 aromatic rings. The van der Waals surface area contributed by atoms with Crippen LogP contribution < -0.4 is 5.32 Å². The van der Waals surface area contributed by atoms with Crippen LogP contribution in [0.25, 0.3) is 0 Å². The van der Waals surface area contributed by atoms with E-state index in [1.807, 2.05) is 0 Å². The number of hydrogen-bond acceptors (Lipinski definition) is 3. The van der Waals surface area contributed by atoms with Crippen LogP contribution in [-0.2, 0) is 9.47 Å². The van der Waals surface area contributed by atoms with Gasteiger partial charge >= 0.3 is 0 Å². The first-order valence-electron chi connectivity index (χ1n) is 4.12. The van der Waals surface area contributed by atoms with E-state index in [2.05, 4.69) is 11.2 Å². The first-order valence-corrected chi connectivity index (χ1v) is 4.12. The maximum Gasteiger partial charge on any atom is 0.0700 e. The lowest BCUT2D eigenvalue weighted by molar-refractivity contribution is 0.0696. The Balaban J connectivity index is 2.78. The highest BCUT2D eigenvalue weighted by Crippen LogP contribution is 1.80. The van der Waals surface area contributed by atoms with Gasteiger partial charge in [0.15, 0.2) is 0 Å². The van der Waals surface area contributed by atoms with Crippen LogP contribution in [0.2, 0.25) is 0 Å². The summed E-state index contributed by atoms with van der Waals surface area (Å²) in [6, 6.07) is 0. The fraction of sp³-hybridized carbons (Fsp3) is 0.778. The molecule has 3 nitrogen and oxygen atoms in total. The minimum Gasteiger partial charge on any atom is -0.382 e. The van der Waals surface area contributed by atoms with Gasteiger partial charge in [-0.25, -0.2) is 0 Å². The lowest BCUT2D eigenvalue weighted by atomic mass is 10.4. The van der Waals surface area contributed by atoms with E-state index in [0.717, 1.165) is 19.6 Å². The van der Waals surface area contributed by atoms with Crippen LogP contribution in [0.4, 0.5) is 0 Å². The zero-order valence-corrected chi connectivity index (χ0v) is 7.64. The maximum absolute atomic E-state index is 5.24. The molecule has 1 N–H and O–H groups in total. The number of rotatable bonds is 8. The van der Waals surface area contributed by atoms with Crippen LogP contribution in [0, 0.1) is 12.3 Å². The summed E-state index contributed by atoms with van der Waals surface area (Å²) >= 11 is 0. The highest BCUT2D eigenvalue weighted by Gasteiger charge is 1.87. The normalized spacial score (nSPS) is 9.67. The molecule has 12 heavy (non-hydrogen) atoms. The van der Waals surface area contributed by atoms with Crippen LogP contribution in [0.3, 0.4) is 0 Å². The molecule has 0 amide bonds. The molecular weight excluding hydrogens is 154 g/mol. The first kappa shape index (κ1) is 11.4. The van der Waals surface area contributed by atoms with E-state index in [0.29, 0.717) is 19.8 Å². The van der Waals surface area contributed by atoms with E-state index < -0.39 is 0 Å². The molecule has 0 aromatic carbocycles. The third-order valence-electron chi connectivity index (χ3n) is 1.30. The third kappa shape index (κ3) is 9.44. The number of ether oxygens (including phenoxy) is 2. The van der Waals surface area contributed by atoms with Crippen molar-refractivity contribution >= 4 is 0 Å². The highest BCUT2D eigenvalue weighted by atomic mass is 16.5. The fourth-order valence-corrected chi connectivity index (χ4v) is 0.704. The average molecular weight is 171 g/mol. The average Bonchev–Trinajstić information content (AvgIpc) is 2.10. The summed E-state index contributed by atoms with van der Waals surface area (Å²) in [7, 11) is 1.66. The van der Waals surface area contributed by atoms with Gasteiger partial charge in [-0.1, -0.05) is 5.92 Å². The predicted octanol–water partition coefficient (Wildman–Crippen LogP) is 0.262. The molecule has 0 saturated carbocycles. The smallest absolute Gasteiger partial charge is 0.0700 e. The fourth-order valence-electron chi connectivity index (χ4n) is 0.704. The Labute approximate surface area is 74.4 Å². The van der Waals surface area contributed by atoms with Crippen molar-refractivity contribution in [1.29, 1.82) is 0 Å². The number of hydrogen-bond donors (Lipinski definition) is 1. The van der Waals surface area contributed by atoms with Gasteiger partial charge in [-0.15, -0.1) is 6.42 Å². The van der Waals surface area contributed by atoms with Gasteiger partial charge in [-0.3, -0.25) is 0 Å². The van der Waals surface area contributed by atoms with Crippen LogP contribution in [-0.4, -0.2) is 40.0 Å². The van der Waals surface area contributed by atoms with Gasteiger partial charge in [0, 0.05) is 13.7 Å². The van der Waals surface area contributed by atoms with Gasteiger partial charge in [0.05, 0.1) is 19.8 Å². The molecule has 0 spiro atoms. The van der Waals surface area contributed by atoms with E-state index in [1.165, 1.54) is 0 Å². The number of terminal acetylenes is 1.